The monoisotopic (exact) mass is 303 g/mol. The van der Waals surface area contributed by atoms with E-state index in [2.05, 4.69) is 10.1 Å². The first-order valence-electron chi connectivity index (χ1n) is 6.75. The molecule has 0 bridgehead atoms. The van der Waals surface area contributed by atoms with Gasteiger partial charge in [0.15, 0.2) is 6.10 Å². The third-order valence-electron chi connectivity index (χ3n) is 2.97. The van der Waals surface area contributed by atoms with E-state index in [-0.39, 0.29) is 5.91 Å². The fraction of sp³-hybridized carbons (Fsp3) is 0.250. The number of carbonyl (C=O) groups excluding carboxylic acids is 2. The Labute approximate surface area is 128 Å². The Balaban J connectivity index is 1.86. The quantitative estimate of drug-likeness (QED) is 0.827. The summed E-state index contributed by atoms with van der Waals surface area (Å²) in [7, 11) is 1.32. The SMILES string of the molecule is COC(=O)c1ccc(O[C@H](C)C(=O)NCc2ccco2)cc1. The summed E-state index contributed by atoms with van der Waals surface area (Å²) in [5.74, 6) is 0.487. The highest BCUT2D eigenvalue weighted by Crippen LogP contribution is 2.14. The van der Waals surface area contributed by atoms with Crippen LogP contribution in [-0.4, -0.2) is 25.1 Å². The van der Waals surface area contributed by atoms with Crippen LogP contribution in [0.4, 0.5) is 0 Å². The van der Waals surface area contributed by atoms with Gasteiger partial charge in [-0.15, -0.1) is 0 Å². The minimum Gasteiger partial charge on any atom is -0.481 e. The summed E-state index contributed by atoms with van der Waals surface area (Å²) in [6.07, 6.45) is 0.878. The molecular formula is C16H17NO5. The maximum atomic E-state index is 11.9. The number of rotatable bonds is 6. The third kappa shape index (κ3) is 4.12. The van der Waals surface area contributed by atoms with E-state index in [0.29, 0.717) is 23.6 Å². The van der Waals surface area contributed by atoms with Gasteiger partial charge in [-0.25, -0.2) is 4.79 Å². The first-order chi connectivity index (χ1) is 10.6. The number of carbonyl (C=O) groups is 2. The zero-order valence-electron chi connectivity index (χ0n) is 12.4. The van der Waals surface area contributed by atoms with E-state index < -0.39 is 12.1 Å². The van der Waals surface area contributed by atoms with Gasteiger partial charge < -0.3 is 19.2 Å². The van der Waals surface area contributed by atoms with Crippen molar-refractivity contribution >= 4 is 11.9 Å². The van der Waals surface area contributed by atoms with Crippen LogP contribution in [0.5, 0.6) is 5.75 Å². The van der Waals surface area contributed by atoms with Crippen LogP contribution in [0.2, 0.25) is 0 Å². The third-order valence-corrected chi connectivity index (χ3v) is 2.97. The van der Waals surface area contributed by atoms with E-state index in [0.717, 1.165) is 0 Å². The van der Waals surface area contributed by atoms with Crippen molar-refractivity contribution in [1.82, 2.24) is 5.32 Å². The molecule has 22 heavy (non-hydrogen) atoms. The number of hydrogen-bond donors (Lipinski definition) is 1. The van der Waals surface area contributed by atoms with Gasteiger partial charge in [0, 0.05) is 0 Å². The summed E-state index contributed by atoms with van der Waals surface area (Å²) in [5, 5.41) is 2.71. The summed E-state index contributed by atoms with van der Waals surface area (Å²) in [6, 6.07) is 9.91. The molecule has 1 N–H and O–H groups in total. The minimum atomic E-state index is -0.668. The van der Waals surface area contributed by atoms with E-state index in [4.69, 9.17) is 9.15 Å². The highest BCUT2D eigenvalue weighted by Gasteiger charge is 2.15. The van der Waals surface area contributed by atoms with Gasteiger partial charge in [0.05, 0.1) is 25.5 Å². The second-order valence-electron chi connectivity index (χ2n) is 4.57. The van der Waals surface area contributed by atoms with E-state index in [1.807, 2.05) is 0 Å². The predicted octanol–water partition coefficient (Wildman–Crippen LogP) is 2.15. The second kappa shape index (κ2) is 7.31. The molecule has 1 aromatic heterocycles. The van der Waals surface area contributed by atoms with Crippen LogP contribution in [0, 0.1) is 0 Å². The number of amides is 1. The summed E-state index contributed by atoms with van der Waals surface area (Å²) in [6.45, 7) is 1.95. The number of ether oxygens (including phenoxy) is 2. The molecule has 1 heterocycles. The Morgan fingerprint density at radius 1 is 1.23 bits per heavy atom. The van der Waals surface area contributed by atoms with Crippen LogP contribution < -0.4 is 10.1 Å². The molecular weight excluding hydrogens is 286 g/mol. The average molecular weight is 303 g/mol. The topological polar surface area (TPSA) is 77.8 Å². The van der Waals surface area contributed by atoms with Gasteiger partial charge in [-0.2, -0.15) is 0 Å². The Morgan fingerprint density at radius 2 is 1.95 bits per heavy atom. The Kier molecular flexibility index (Phi) is 5.19. The van der Waals surface area contributed by atoms with Gasteiger partial charge in [-0.1, -0.05) is 0 Å². The smallest absolute Gasteiger partial charge is 0.337 e. The van der Waals surface area contributed by atoms with Crippen LogP contribution >= 0.6 is 0 Å². The van der Waals surface area contributed by atoms with Crippen LogP contribution in [-0.2, 0) is 16.1 Å². The van der Waals surface area contributed by atoms with Gasteiger partial charge in [0.25, 0.3) is 5.91 Å². The molecule has 0 unspecified atom stereocenters. The largest absolute Gasteiger partial charge is 0.481 e. The fourth-order valence-electron chi connectivity index (χ4n) is 1.78. The molecule has 0 spiro atoms. The number of methoxy groups -OCH3 is 1. The maximum absolute atomic E-state index is 11.9. The highest BCUT2D eigenvalue weighted by atomic mass is 16.5. The Bertz CT molecular complexity index is 618. The zero-order valence-corrected chi connectivity index (χ0v) is 12.4. The summed E-state index contributed by atoms with van der Waals surface area (Å²) in [5.41, 5.74) is 0.421. The highest BCUT2D eigenvalue weighted by molar-refractivity contribution is 5.89. The average Bonchev–Trinajstić information content (AvgIpc) is 3.06. The van der Waals surface area contributed by atoms with Crippen molar-refractivity contribution in [2.45, 2.75) is 19.6 Å². The normalized spacial score (nSPS) is 11.5. The Hall–Kier alpha value is -2.76. The first kappa shape index (κ1) is 15.6. The molecule has 0 saturated carbocycles. The van der Waals surface area contributed by atoms with Crippen LogP contribution in [0.25, 0.3) is 0 Å². The molecule has 1 aromatic carbocycles. The molecule has 0 aliphatic carbocycles. The van der Waals surface area contributed by atoms with Crippen molar-refractivity contribution in [2.75, 3.05) is 7.11 Å². The molecule has 2 rings (SSSR count). The van der Waals surface area contributed by atoms with E-state index in [1.165, 1.54) is 7.11 Å². The maximum Gasteiger partial charge on any atom is 0.337 e. The molecule has 6 nitrogen and oxygen atoms in total. The molecule has 2 aromatic rings. The van der Waals surface area contributed by atoms with Crippen molar-refractivity contribution < 1.29 is 23.5 Å². The van der Waals surface area contributed by atoms with Gasteiger partial charge in [-0.3, -0.25) is 4.79 Å². The van der Waals surface area contributed by atoms with Crippen molar-refractivity contribution in [3.05, 3.63) is 54.0 Å². The predicted molar refractivity (Wildman–Crippen MR) is 78.4 cm³/mol. The second-order valence-corrected chi connectivity index (χ2v) is 4.57. The molecule has 0 saturated heterocycles. The minimum absolute atomic E-state index is 0.256. The Morgan fingerprint density at radius 3 is 2.55 bits per heavy atom. The number of esters is 1. The summed E-state index contributed by atoms with van der Waals surface area (Å²) < 4.78 is 15.3. The van der Waals surface area contributed by atoms with Gasteiger partial charge in [0.1, 0.15) is 11.5 Å². The number of benzene rings is 1. The lowest BCUT2D eigenvalue weighted by Crippen LogP contribution is -2.35. The first-order valence-corrected chi connectivity index (χ1v) is 6.75. The number of nitrogens with one attached hydrogen (secondary N) is 1. The van der Waals surface area contributed by atoms with Crippen molar-refractivity contribution in [3.8, 4) is 5.75 Å². The lowest BCUT2D eigenvalue weighted by atomic mass is 10.2. The molecule has 1 atom stereocenters. The van der Waals surface area contributed by atoms with Gasteiger partial charge in [0.2, 0.25) is 0 Å². The number of furan rings is 1. The molecule has 6 heteroatoms. The molecule has 116 valence electrons. The molecule has 1 amide bonds. The van der Waals surface area contributed by atoms with Crippen LogP contribution in [0.3, 0.4) is 0 Å². The molecule has 0 radical (unpaired) electrons. The van der Waals surface area contributed by atoms with E-state index in [9.17, 15) is 9.59 Å². The zero-order chi connectivity index (χ0) is 15.9. The molecule has 0 aliphatic rings. The van der Waals surface area contributed by atoms with Gasteiger partial charge in [-0.05, 0) is 43.3 Å². The van der Waals surface area contributed by atoms with Crippen molar-refractivity contribution in [2.24, 2.45) is 0 Å². The molecule has 0 fully saturated rings. The van der Waals surface area contributed by atoms with Crippen molar-refractivity contribution in [1.29, 1.82) is 0 Å². The van der Waals surface area contributed by atoms with Gasteiger partial charge >= 0.3 is 5.97 Å². The van der Waals surface area contributed by atoms with Crippen molar-refractivity contribution in [3.63, 3.8) is 0 Å². The lowest BCUT2D eigenvalue weighted by molar-refractivity contribution is -0.127. The fourth-order valence-corrected chi connectivity index (χ4v) is 1.78. The van der Waals surface area contributed by atoms with Crippen LogP contribution in [0.15, 0.2) is 47.1 Å². The van der Waals surface area contributed by atoms with E-state index >= 15 is 0 Å². The molecule has 0 aliphatic heterocycles. The summed E-state index contributed by atoms with van der Waals surface area (Å²) >= 11 is 0. The number of hydrogen-bond acceptors (Lipinski definition) is 5. The standard InChI is InChI=1S/C16H17NO5/c1-11(15(18)17-10-14-4-3-9-21-14)22-13-7-5-12(6-8-13)16(19)20-2/h3-9,11H,10H2,1-2H3,(H,17,18)/t11-/m1/s1. The van der Waals surface area contributed by atoms with E-state index in [1.54, 1.807) is 49.6 Å². The van der Waals surface area contributed by atoms with Crippen LogP contribution in [0.1, 0.15) is 23.0 Å². The summed E-state index contributed by atoms with van der Waals surface area (Å²) in [4.78, 5) is 23.2. The lowest BCUT2D eigenvalue weighted by Gasteiger charge is -2.14.